The van der Waals surface area contributed by atoms with E-state index in [0.29, 0.717) is 0 Å². The molecule has 8 heteroatoms. The normalized spacial score (nSPS) is 9.09. The molecular formula is C3H13N2NaO4S. The van der Waals surface area contributed by atoms with Gasteiger partial charge >= 0.3 is 40.0 Å². The SMILES string of the molecule is NCCCN.O=S(=O)(O)O.[H-].[Na+]. The van der Waals surface area contributed by atoms with Crippen molar-refractivity contribution in [1.29, 1.82) is 0 Å². The molecule has 0 aromatic heterocycles. The molecule has 0 aromatic rings. The first-order chi connectivity index (χ1) is 4.41. The predicted octanol–water partition coefficient (Wildman–Crippen LogP) is -4.24. The summed E-state index contributed by atoms with van der Waals surface area (Å²) in [4.78, 5) is 0. The summed E-state index contributed by atoms with van der Waals surface area (Å²) in [7, 11) is -4.67. The Hall–Kier alpha value is 0.790. The summed E-state index contributed by atoms with van der Waals surface area (Å²) in [6, 6.07) is 0. The molecule has 0 heterocycles. The first-order valence-electron chi connectivity index (χ1n) is 2.51. The molecule has 6 nitrogen and oxygen atoms in total. The quantitative estimate of drug-likeness (QED) is 0.262. The van der Waals surface area contributed by atoms with Crippen LogP contribution in [-0.4, -0.2) is 30.6 Å². The molecule has 0 atom stereocenters. The van der Waals surface area contributed by atoms with Crippen LogP contribution in [0.4, 0.5) is 0 Å². The van der Waals surface area contributed by atoms with Crippen LogP contribution in [0.5, 0.6) is 0 Å². The Bertz CT molecular complexity index is 142. The Morgan fingerprint density at radius 1 is 1.18 bits per heavy atom. The third-order valence-electron chi connectivity index (χ3n) is 0.408. The van der Waals surface area contributed by atoms with E-state index in [1.807, 2.05) is 0 Å². The fraction of sp³-hybridized carbons (Fsp3) is 1.00. The van der Waals surface area contributed by atoms with Crippen molar-refractivity contribution in [2.75, 3.05) is 13.1 Å². The Balaban J connectivity index is -0.0000000457. The van der Waals surface area contributed by atoms with Crippen molar-refractivity contribution >= 4 is 10.4 Å². The maximum Gasteiger partial charge on any atom is 1.00 e. The number of hydrogen-bond donors (Lipinski definition) is 4. The third kappa shape index (κ3) is 107. The van der Waals surface area contributed by atoms with Crippen LogP contribution in [0.15, 0.2) is 0 Å². The average molecular weight is 196 g/mol. The van der Waals surface area contributed by atoms with Crippen molar-refractivity contribution in [3.63, 3.8) is 0 Å². The molecule has 0 spiro atoms. The maximum atomic E-state index is 8.74. The number of hydrogen-bond acceptors (Lipinski definition) is 4. The van der Waals surface area contributed by atoms with Crippen molar-refractivity contribution in [1.82, 2.24) is 0 Å². The Morgan fingerprint density at radius 2 is 1.36 bits per heavy atom. The fourth-order valence-electron chi connectivity index (χ4n) is 0.118. The van der Waals surface area contributed by atoms with E-state index in [-0.39, 0.29) is 31.0 Å². The minimum absolute atomic E-state index is 0. The van der Waals surface area contributed by atoms with Gasteiger partial charge in [-0.2, -0.15) is 8.42 Å². The van der Waals surface area contributed by atoms with E-state index in [0.717, 1.165) is 19.5 Å². The molecule has 0 bridgehead atoms. The minimum Gasteiger partial charge on any atom is -1.00 e. The molecule has 6 N–H and O–H groups in total. The molecule has 0 saturated heterocycles. The first-order valence-corrected chi connectivity index (χ1v) is 3.91. The number of rotatable bonds is 2. The van der Waals surface area contributed by atoms with Crippen LogP contribution in [-0.2, 0) is 10.4 Å². The molecule has 66 valence electrons. The summed E-state index contributed by atoms with van der Waals surface area (Å²) in [5.41, 5.74) is 10.1. The molecule has 0 saturated carbocycles. The van der Waals surface area contributed by atoms with Crippen LogP contribution in [0.25, 0.3) is 0 Å². The van der Waals surface area contributed by atoms with Gasteiger partial charge in [-0.25, -0.2) is 0 Å². The van der Waals surface area contributed by atoms with Gasteiger partial charge in [-0.1, -0.05) is 0 Å². The van der Waals surface area contributed by atoms with Gasteiger partial charge in [0.1, 0.15) is 0 Å². The van der Waals surface area contributed by atoms with Crippen molar-refractivity contribution in [2.45, 2.75) is 6.42 Å². The monoisotopic (exact) mass is 196 g/mol. The minimum atomic E-state index is -4.67. The predicted molar refractivity (Wildman–Crippen MR) is 38.0 cm³/mol. The zero-order valence-corrected chi connectivity index (χ0v) is 9.21. The molecule has 0 rings (SSSR count). The summed E-state index contributed by atoms with van der Waals surface area (Å²) < 4.78 is 31.6. The summed E-state index contributed by atoms with van der Waals surface area (Å²) in [5.74, 6) is 0. The molecular weight excluding hydrogens is 183 g/mol. The molecule has 0 aromatic carbocycles. The first kappa shape index (κ1) is 17.8. The van der Waals surface area contributed by atoms with Gasteiger partial charge in [0.15, 0.2) is 0 Å². The molecule has 0 unspecified atom stereocenters. The molecule has 0 amide bonds. The van der Waals surface area contributed by atoms with E-state index >= 15 is 0 Å². The summed E-state index contributed by atoms with van der Waals surface area (Å²) >= 11 is 0. The number of nitrogens with two attached hydrogens (primary N) is 2. The van der Waals surface area contributed by atoms with Crippen molar-refractivity contribution in [2.24, 2.45) is 11.5 Å². The van der Waals surface area contributed by atoms with Crippen molar-refractivity contribution < 1.29 is 48.5 Å². The van der Waals surface area contributed by atoms with E-state index in [4.69, 9.17) is 29.0 Å². The Labute approximate surface area is 89.7 Å². The average Bonchev–Trinajstić information content (AvgIpc) is 1.63. The zero-order chi connectivity index (χ0) is 8.62. The van der Waals surface area contributed by atoms with Gasteiger partial charge in [-0.15, -0.1) is 0 Å². The molecule has 11 heavy (non-hydrogen) atoms. The molecule has 0 aliphatic carbocycles. The van der Waals surface area contributed by atoms with E-state index in [2.05, 4.69) is 0 Å². The van der Waals surface area contributed by atoms with Crippen LogP contribution in [0, 0.1) is 0 Å². The summed E-state index contributed by atoms with van der Waals surface area (Å²) in [5, 5.41) is 0. The van der Waals surface area contributed by atoms with E-state index in [9.17, 15) is 0 Å². The van der Waals surface area contributed by atoms with Gasteiger partial charge < -0.3 is 12.9 Å². The van der Waals surface area contributed by atoms with E-state index < -0.39 is 10.4 Å². The summed E-state index contributed by atoms with van der Waals surface area (Å²) in [6.07, 6.45) is 0.944. The second-order valence-electron chi connectivity index (χ2n) is 1.38. The second-order valence-corrected chi connectivity index (χ2v) is 2.27. The van der Waals surface area contributed by atoms with Crippen molar-refractivity contribution in [3.8, 4) is 0 Å². The second kappa shape index (κ2) is 10.8. The molecule has 0 radical (unpaired) electrons. The van der Waals surface area contributed by atoms with Crippen LogP contribution in [0.2, 0.25) is 0 Å². The fourth-order valence-corrected chi connectivity index (χ4v) is 0.118. The molecule has 0 fully saturated rings. The Morgan fingerprint density at radius 3 is 1.36 bits per heavy atom. The smallest absolute Gasteiger partial charge is 1.00 e. The standard InChI is InChI=1S/C3H10N2.Na.H2O4S.H/c4-2-1-3-5;;1-5(2,3)4;/h1-5H2;;(H2,1,2,3,4);/q;+1;;-1. The van der Waals surface area contributed by atoms with E-state index in [1.165, 1.54) is 0 Å². The summed E-state index contributed by atoms with van der Waals surface area (Å²) in [6.45, 7) is 1.44. The van der Waals surface area contributed by atoms with Gasteiger partial charge in [-0.3, -0.25) is 9.11 Å². The topological polar surface area (TPSA) is 127 Å². The van der Waals surface area contributed by atoms with Crippen LogP contribution < -0.4 is 41.0 Å². The van der Waals surface area contributed by atoms with Gasteiger partial charge in [0.05, 0.1) is 0 Å². The third-order valence-corrected chi connectivity index (χ3v) is 0.408. The van der Waals surface area contributed by atoms with Crippen LogP contribution in [0.3, 0.4) is 0 Å². The molecule has 0 aliphatic rings. The maximum absolute atomic E-state index is 8.74. The van der Waals surface area contributed by atoms with Crippen molar-refractivity contribution in [3.05, 3.63) is 0 Å². The molecule has 0 aliphatic heterocycles. The Kier molecular flexibility index (Phi) is 17.4. The zero-order valence-electron chi connectivity index (χ0n) is 7.40. The van der Waals surface area contributed by atoms with Gasteiger partial charge in [0.2, 0.25) is 0 Å². The van der Waals surface area contributed by atoms with Gasteiger partial charge in [-0.05, 0) is 19.5 Å². The van der Waals surface area contributed by atoms with Gasteiger partial charge in [0, 0.05) is 0 Å². The largest absolute Gasteiger partial charge is 1.00 e. The van der Waals surface area contributed by atoms with Crippen LogP contribution in [0.1, 0.15) is 7.85 Å². The van der Waals surface area contributed by atoms with Gasteiger partial charge in [0.25, 0.3) is 0 Å². The van der Waals surface area contributed by atoms with E-state index in [1.54, 1.807) is 0 Å². The van der Waals surface area contributed by atoms with Crippen LogP contribution >= 0.6 is 0 Å².